The molecular weight excluding hydrogens is 777 g/mol. The number of fused-ring (bicyclic) bond motifs is 11. The summed E-state index contributed by atoms with van der Waals surface area (Å²) in [4.78, 5) is 12.5. The first-order valence-corrected chi connectivity index (χ1v) is 22.6. The van der Waals surface area contributed by atoms with Gasteiger partial charge in [0.25, 0.3) is 0 Å². The maximum atomic E-state index is 5.31. The topological polar surface area (TPSA) is 34.0 Å². The zero-order valence-corrected chi connectivity index (χ0v) is 36.5. The normalized spacial score (nSPS) is 15.5. The average Bonchev–Trinajstić information content (AvgIpc) is 3.87. The molecule has 0 N–H and O–H groups in total. The molecule has 306 valence electrons. The molecule has 3 aliphatic carbocycles. The molecule has 0 radical (unpaired) electrons. The lowest BCUT2D eigenvalue weighted by Crippen LogP contribution is -2.17. The third-order valence-electron chi connectivity index (χ3n) is 14.7. The van der Waals surface area contributed by atoms with Crippen molar-refractivity contribution in [3.63, 3.8) is 0 Å². The fraction of sp³-hybridized carbons (Fsp3) is 0.133. The molecule has 3 heterocycles. The lowest BCUT2D eigenvalue weighted by molar-refractivity contribution is 0.651. The van der Waals surface area contributed by atoms with Gasteiger partial charge >= 0.3 is 0 Å². The summed E-state index contributed by atoms with van der Waals surface area (Å²) in [7, 11) is 0. The van der Waals surface area contributed by atoms with Crippen LogP contribution in [-0.2, 0) is 10.8 Å². The Bertz CT molecular complexity index is 3680. The van der Waals surface area contributed by atoms with Gasteiger partial charge in [0.1, 0.15) is 0 Å². The van der Waals surface area contributed by atoms with Gasteiger partial charge in [-0.1, -0.05) is 125 Å². The monoisotopic (exact) mass is 822 g/mol. The van der Waals surface area contributed by atoms with Crippen LogP contribution in [0, 0.1) is 0 Å². The minimum Gasteiger partial charge on any atom is -0.310 e. The molecule has 0 spiro atoms. The second-order valence-electron chi connectivity index (χ2n) is 18.9. The van der Waals surface area contributed by atoms with E-state index in [0.29, 0.717) is 0 Å². The van der Waals surface area contributed by atoms with E-state index in [0.717, 1.165) is 63.0 Å². The van der Waals surface area contributed by atoms with Crippen LogP contribution < -0.4 is 4.90 Å². The third-order valence-corrected chi connectivity index (χ3v) is 14.7. The predicted molar refractivity (Wildman–Crippen MR) is 267 cm³/mol. The van der Waals surface area contributed by atoms with Crippen molar-refractivity contribution >= 4 is 66.2 Å². The van der Waals surface area contributed by atoms with Crippen molar-refractivity contribution in [2.45, 2.75) is 51.4 Å². The van der Waals surface area contributed by atoms with E-state index in [-0.39, 0.29) is 10.8 Å². The Morgan fingerprint density at radius 3 is 2.11 bits per heavy atom. The fourth-order valence-corrected chi connectivity index (χ4v) is 11.5. The van der Waals surface area contributed by atoms with E-state index < -0.39 is 0 Å². The predicted octanol–water partition coefficient (Wildman–Crippen LogP) is 15.7. The van der Waals surface area contributed by atoms with E-state index in [4.69, 9.17) is 9.97 Å². The highest BCUT2D eigenvalue weighted by Crippen LogP contribution is 2.53. The number of allylic oxidation sites excluding steroid dienone is 4. The highest BCUT2D eigenvalue weighted by atomic mass is 15.1. The molecule has 0 amide bonds. The van der Waals surface area contributed by atoms with Gasteiger partial charge < -0.3 is 9.47 Å². The van der Waals surface area contributed by atoms with Crippen LogP contribution in [0.5, 0.6) is 0 Å². The Morgan fingerprint density at radius 1 is 0.531 bits per heavy atom. The largest absolute Gasteiger partial charge is 0.310 e. The standard InChI is InChI=1S/C60H46N4/c1-59(2)50-18-10-8-16-44(50)46-27-24-42(35-52(46)59)63(40-14-6-5-7-15-40)41-26-31-56-49(34-41)48-33-39(54-29-22-38-21-20-37-13-12-32-61-57(37)58(38)62-54)23-30-55(48)64(56)43-25-28-47-45-17-9-11-19-51(45)60(3,4)53(47)36-43/h5-8,10-16,18-36H,9,17H2,1-4H3. The number of aromatic nitrogens is 3. The summed E-state index contributed by atoms with van der Waals surface area (Å²) in [5.74, 6) is 0. The van der Waals surface area contributed by atoms with E-state index in [1.165, 1.54) is 72.0 Å². The molecule has 0 aliphatic heterocycles. The lowest BCUT2D eigenvalue weighted by Gasteiger charge is -2.28. The first-order chi connectivity index (χ1) is 31.2. The van der Waals surface area contributed by atoms with Gasteiger partial charge in [-0.2, -0.15) is 0 Å². The zero-order chi connectivity index (χ0) is 42.9. The van der Waals surface area contributed by atoms with Crippen molar-refractivity contribution in [1.82, 2.24) is 14.5 Å². The van der Waals surface area contributed by atoms with Crippen LogP contribution in [0.25, 0.3) is 77.3 Å². The van der Waals surface area contributed by atoms with Crippen LogP contribution in [-0.4, -0.2) is 14.5 Å². The molecule has 3 aromatic heterocycles. The van der Waals surface area contributed by atoms with E-state index in [9.17, 15) is 0 Å². The van der Waals surface area contributed by atoms with Crippen LogP contribution in [0.2, 0.25) is 0 Å². The SMILES string of the molecule is CC1(C)C2=C(CCC=C2)c2ccc(-n3c4ccc(-c5ccc6ccc7cccnc7c6n5)cc4c4cc(N(c5ccccc5)c5ccc6c(c5)C(C)(C)c5ccccc5-6)ccc43)cc21. The molecule has 7 aromatic carbocycles. The second-order valence-corrected chi connectivity index (χ2v) is 18.9. The van der Waals surface area contributed by atoms with Crippen LogP contribution >= 0.6 is 0 Å². The fourth-order valence-electron chi connectivity index (χ4n) is 11.5. The molecule has 64 heavy (non-hydrogen) atoms. The summed E-state index contributed by atoms with van der Waals surface area (Å²) in [6.45, 7) is 9.51. The number of benzene rings is 7. The number of anilines is 3. The molecule has 10 aromatic rings. The van der Waals surface area contributed by atoms with Gasteiger partial charge in [0.2, 0.25) is 0 Å². The number of para-hydroxylation sites is 1. The minimum absolute atomic E-state index is 0.0700. The van der Waals surface area contributed by atoms with Gasteiger partial charge in [-0.25, -0.2) is 4.98 Å². The van der Waals surface area contributed by atoms with Gasteiger partial charge in [0, 0.05) is 66.9 Å². The summed E-state index contributed by atoms with van der Waals surface area (Å²) in [5, 5.41) is 4.56. The molecule has 0 bridgehead atoms. The van der Waals surface area contributed by atoms with E-state index in [1.54, 1.807) is 0 Å². The Kier molecular flexibility index (Phi) is 7.80. The Hall–Kier alpha value is -7.56. The van der Waals surface area contributed by atoms with Crippen LogP contribution in [0.1, 0.15) is 62.8 Å². The minimum atomic E-state index is -0.118. The Labute approximate surface area is 373 Å². The quantitative estimate of drug-likeness (QED) is 0.162. The van der Waals surface area contributed by atoms with Gasteiger partial charge in [0.15, 0.2) is 0 Å². The Morgan fingerprint density at radius 2 is 1.23 bits per heavy atom. The maximum Gasteiger partial charge on any atom is 0.0972 e. The summed E-state index contributed by atoms with van der Waals surface area (Å²) in [5.41, 5.74) is 21.7. The molecule has 0 saturated carbocycles. The van der Waals surface area contributed by atoms with Crippen molar-refractivity contribution in [3.8, 4) is 28.1 Å². The summed E-state index contributed by atoms with van der Waals surface area (Å²) >= 11 is 0. The highest BCUT2D eigenvalue weighted by Gasteiger charge is 2.38. The number of hydrogen-bond acceptors (Lipinski definition) is 3. The van der Waals surface area contributed by atoms with Crippen LogP contribution in [0.4, 0.5) is 17.1 Å². The first-order valence-electron chi connectivity index (χ1n) is 22.6. The van der Waals surface area contributed by atoms with Gasteiger partial charge in [-0.15, -0.1) is 0 Å². The average molecular weight is 823 g/mol. The molecule has 0 unspecified atom stereocenters. The van der Waals surface area contributed by atoms with Crippen molar-refractivity contribution in [2.75, 3.05) is 4.90 Å². The van der Waals surface area contributed by atoms with Crippen LogP contribution in [0.15, 0.2) is 188 Å². The molecule has 4 heteroatoms. The van der Waals surface area contributed by atoms with Gasteiger partial charge in [0.05, 0.1) is 27.8 Å². The maximum absolute atomic E-state index is 5.31. The molecule has 13 rings (SSSR count). The van der Waals surface area contributed by atoms with Crippen molar-refractivity contribution in [2.24, 2.45) is 0 Å². The molecule has 0 fully saturated rings. The van der Waals surface area contributed by atoms with Crippen molar-refractivity contribution < 1.29 is 0 Å². The summed E-state index contributed by atoms with van der Waals surface area (Å²) in [6, 6.07) is 60.6. The van der Waals surface area contributed by atoms with E-state index >= 15 is 0 Å². The number of pyridine rings is 2. The number of rotatable bonds is 5. The van der Waals surface area contributed by atoms with E-state index in [2.05, 4.69) is 207 Å². The highest BCUT2D eigenvalue weighted by molar-refractivity contribution is 6.12. The molecule has 0 saturated heterocycles. The third kappa shape index (κ3) is 5.29. The van der Waals surface area contributed by atoms with Crippen LogP contribution in [0.3, 0.4) is 0 Å². The molecule has 4 nitrogen and oxygen atoms in total. The van der Waals surface area contributed by atoms with E-state index in [1.807, 2.05) is 12.3 Å². The molecule has 0 atom stereocenters. The second kappa shape index (κ2) is 13.5. The van der Waals surface area contributed by atoms with Gasteiger partial charge in [-0.05, 0) is 136 Å². The van der Waals surface area contributed by atoms with Crippen molar-refractivity contribution in [3.05, 3.63) is 210 Å². The Balaban J connectivity index is 1.03. The smallest absolute Gasteiger partial charge is 0.0972 e. The summed E-state index contributed by atoms with van der Waals surface area (Å²) < 4.78 is 2.48. The first kappa shape index (κ1) is 37.0. The van der Waals surface area contributed by atoms with Gasteiger partial charge in [-0.3, -0.25) is 4.98 Å². The van der Waals surface area contributed by atoms with Crippen molar-refractivity contribution in [1.29, 1.82) is 0 Å². The number of hydrogen-bond donors (Lipinski definition) is 0. The molecular formula is C60H46N4. The summed E-state index contributed by atoms with van der Waals surface area (Å²) in [6.07, 6.45) is 8.78. The number of nitrogens with zero attached hydrogens (tertiary/aromatic N) is 4. The molecule has 3 aliphatic rings. The lowest BCUT2D eigenvalue weighted by atomic mass is 9.80. The zero-order valence-electron chi connectivity index (χ0n) is 36.5.